The molecule has 0 radical (unpaired) electrons. The number of halogens is 2. The lowest BCUT2D eigenvalue weighted by Gasteiger charge is -2.32. The second kappa shape index (κ2) is 9.85. The largest absolute Gasteiger partial charge is 0.495 e. The highest BCUT2D eigenvalue weighted by Gasteiger charge is 2.24. The molecule has 0 aromatic heterocycles. The van der Waals surface area contributed by atoms with E-state index >= 15 is 0 Å². The third-order valence-electron chi connectivity index (χ3n) is 4.98. The first kappa shape index (κ1) is 21.3. The van der Waals surface area contributed by atoms with Gasteiger partial charge in [-0.1, -0.05) is 35.3 Å². The van der Waals surface area contributed by atoms with Gasteiger partial charge in [-0.05, 0) is 49.1 Å². The van der Waals surface area contributed by atoms with Gasteiger partial charge in [0.25, 0.3) is 5.91 Å². The summed E-state index contributed by atoms with van der Waals surface area (Å²) < 4.78 is 5.27. The van der Waals surface area contributed by atoms with Crippen molar-refractivity contribution in [3.05, 3.63) is 58.1 Å². The van der Waals surface area contributed by atoms with E-state index in [4.69, 9.17) is 27.9 Å². The minimum atomic E-state index is -0.181. The number of rotatable bonds is 5. The number of nitrogens with one attached hydrogen (secondary N) is 2. The third kappa shape index (κ3) is 5.55. The van der Waals surface area contributed by atoms with Crippen molar-refractivity contribution in [2.45, 2.75) is 12.8 Å². The number of carbonyl (C=O) groups excluding carboxylic acids is 2. The molecule has 0 spiro atoms. The zero-order chi connectivity index (χ0) is 20.8. The number of urea groups is 1. The smallest absolute Gasteiger partial charge is 0.321 e. The lowest BCUT2D eigenvalue weighted by atomic mass is 9.97. The van der Waals surface area contributed by atoms with Crippen LogP contribution >= 0.6 is 23.2 Å². The Morgan fingerprint density at radius 3 is 2.52 bits per heavy atom. The summed E-state index contributed by atoms with van der Waals surface area (Å²) in [6.07, 6.45) is 1.64. The zero-order valence-corrected chi connectivity index (χ0v) is 17.6. The molecule has 3 amide bonds. The number of likely N-dealkylation sites (tertiary alicyclic amines) is 1. The predicted octanol–water partition coefficient (Wildman–Crippen LogP) is 4.68. The fraction of sp³-hybridized carbons (Fsp3) is 0.333. The van der Waals surface area contributed by atoms with Gasteiger partial charge in [0.05, 0.1) is 22.8 Å². The van der Waals surface area contributed by atoms with E-state index in [0.29, 0.717) is 52.6 Å². The number of anilines is 1. The summed E-state index contributed by atoms with van der Waals surface area (Å²) in [6.45, 7) is 1.82. The van der Waals surface area contributed by atoms with Crippen molar-refractivity contribution >= 4 is 40.8 Å². The van der Waals surface area contributed by atoms with Crippen LogP contribution in [0.3, 0.4) is 0 Å². The number of piperidine rings is 1. The second-order valence-corrected chi connectivity index (χ2v) is 7.71. The van der Waals surface area contributed by atoms with E-state index in [-0.39, 0.29) is 11.9 Å². The molecule has 1 heterocycles. The van der Waals surface area contributed by atoms with Crippen LogP contribution in [0, 0.1) is 5.92 Å². The van der Waals surface area contributed by atoms with Crippen molar-refractivity contribution in [1.29, 1.82) is 0 Å². The monoisotopic (exact) mass is 435 g/mol. The molecule has 1 fully saturated rings. The van der Waals surface area contributed by atoms with Gasteiger partial charge in [-0.15, -0.1) is 0 Å². The maximum Gasteiger partial charge on any atom is 0.321 e. The number of para-hydroxylation sites is 2. The third-order valence-corrected chi connectivity index (χ3v) is 5.72. The molecule has 2 aromatic rings. The Bertz CT molecular complexity index is 883. The highest BCUT2D eigenvalue weighted by atomic mass is 35.5. The van der Waals surface area contributed by atoms with Crippen molar-refractivity contribution in [2.24, 2.45) is 5.92 Å². The average Bonchev–Trinajstić information content (AvgIpc) is 2.74. The maximum absolute atomic E-state index is 12.5. The van der Waals surface area contributed by atoms with Gasteiger partial charge in [0.1, 0.15) is 5.75 Å². The minimum Gasteiger partial charge on any atom is -0.495 e. The van der Waals surface area contributed by atoms with E-state index in [1.807, 2.05) is 18.2 Å². The molecule has 0 aliphatic carbocycles. The van der Waals surface area contributed by atoms with E-state index < -0.39 is 0 Å². The highest BCUT2D eigenvalue weighted by molar-refractivity contribution is 6.42. The van der Waals surface area contributed by atoms with Gasteiger partial charge in [-0.3, -0.25) is 4.79 Å². The number of carbonyl (C=O) groups is 2. The lowest BCUT2D eigenvalue weighted by molar-refractivity contribution is 0.0938. The van der Waals surface area contributed by atoms with Crippen LogP contribution in [0.15, 0.2) is 42.5 Å². The molecule has 3 rings (SSSR count). The molecule has 0 saturated carbocycles. The number of amides is 3. The highest BCUT2D eigenvalue weighted by Crippen LogP contribution is 2.25. The van der Waals surface area contributed by atoms with Gasteiger partial charge >= 0.3 is 6.03 Å². The van der Waals surface area contributed by atoms with Crippen LogP contribution in [0.5, 0.6) is 5.75 Å². The summed E-state index contributed by atoms with van der Waals surface area (Å²) in [7, 11) is 1.57. The van der Waals surface area contributed by atoms with Crippen LogP contribution in [-0.2, 0) is 0 Å². The zero-order valence-electron chi connectivity index (χ0n) is 16.1. The number of methoxy groups -OCH3 is 1. The van der Waals surface area contributed by atoms with Crippen molar-refractivity contribution < 1.29 is 14.3 Å². The topological polar surface area (TPSA) is 70.7 Å². The number of hydrogen-bond donors (Lipinski definition) is 2. The molecule has 29 heavy (non-hydrogen) atoms. The fourth-order valence-electron chi connectivity index (χ4n) is 3.26. The summed E-state index contributed by atoms with van der Waals surface area (Å²) in [6, 6.07) is 12.0. The molecule has 0 atom stereocenters. The second-order valence-electron chi connectivity index (χ2n) is 6.90. The Labute approximate surface area is 180 Å². The van der Waals surface area contributed by atoms with Crippen molar-refractivity contribution in [2.75, 3.05) is 32.1 Å². The molecule has 2 aromatic carbocycles. The van der Waals surface area contributed by atoms with Gasteiger partial charge in [-0.25, -0.2) is 4.79 Å². The number of hydrogen-bond acceptors (Lipinski definition) is 3. The Morgan fingerprint density at radius 2 is 1.83 bits per heavy atom. The Hall–Kier alpha value is -2.44. The van der Waals surface area contributed by atoms with E-state index in [1.165, 1.54) is 0 Å². The Balaban J connectivity index is 1.45. The van der Waals surface area contributed by atoms with E-state index in [1.54, 1.807) is 36.3 Å². The summed E-state index contributed by atoms with van der Waals surface area (Å²) in [5.74, 6) is 0.762. The quantitative estimate of drug-likeness (QED) is 0.716. The Morgan fingerprint density at radius 1 is 1.10 bits per heavy atom. The van der Waals surface area contributed by atoms with Crippen LogP contribution in [0.4, 0.5) is 10.5 Å². The number of benzene rings is 2. The average molecular weight is 436 g/mol. The molecule has 1 saturated heterocycles. The van der Waals surface area contributed by atoms with Crippen LogP contribution in [-0.4, -0.2) is 43.6 Å². The summed E-state index contributed by atoms with van der Waals surface area (Å²) in [4.78, 5) is 26.6. The first-order valence-corrected chi connectivity index (χ1v) is 10.2. The lowest BCUT2D eigenvalue weighted by Crippen LogP contribution is -2.43. The Kier molecular flexibility index (Phi) is 7.23. The standard InChI is InChI=1S/C21H23Cl2N3O3/c1-29-19-5-3-2-4-18(19)25-21(28)26-10-8-14(9-11-26)13-24-20(27)15-6-7-16(22)17(23)12-15/h2-7,12,14H,8-11,13H2,1H3,(H,24,27)(H,25,28). The van der Waals surface area contributed by atoms with E-state index in [2.05, 4.69) is 10.6 Å². The number of ether oxygens (including phenoxy) is 1. The molecular weight excluding hydrogens is 413 g/mol. The molecule has 1 aliphatic heterocycles. The molecule has 0 unspecified atom stereocenters. The van der Waals surface area contributed by atoms with Crippen LogP contribution < -0.4 is 15.4 Å². The molecule has 1 aliphatic rings. The normalized spacial score (nSPS) is 14.4. The van der Waals surface area contributed by atoms with Crippen molar-refractivity contribution in [3.8, 4) is 5.75 Å². The first-order valence-electron chi connectivity index (χ1n) is 9.40. The van der Waals surface area contributed by atoms with Crippen LogP contribution in [0.25, 0.3) is 0 Å². The SMILES string of the molecule is COc1ccccc1NC(=O)N1CCC(CNC(=O)c2ccc(Cl)c(Cl)c2)CC1. The van der Waals surface area contributed by atoms with Gasteiger partial charge in [-0.2, -0.15) is 0 Å². The molecule has 0 bridgehead atoms. The molecule has 2 N–H and O–H groups in total. The predicted molar refractivity (Wildman–Crippen MR) is 115 cm³/mol. The molecule has 154 valence electrons. The summed E-state index contributed by atoms with van der Waals surface area (Å²) in [5, 5.41) is 6.61. The van der Waals surface area contributed by atoms with Gasteiger partial charge in [0.15, 0.2) is 0 Å². The molecule has 6 nitrogen and oxygen atoms in total. The van der Waals surface area contributed by atoms with Gasteiger partial charge in [0.2, 0.25) is 0 Å². The van der Waals surface area contributed by atoms with Crippen LogP contribution in [0.2, 0.25) is 10.0 Å². The van der Waals surface area contributed by atoms with E-state index in [9.17, 15) is 9.59 Å². The molecule has 8 heteroatoms. The summed E-state index contributed by atoms with van der Waals surface area (Å²) >= 11 is 11.8. The van der Waals surface area contributed by atoms with Gasteiger partial charge < -0.3 is 20.3 Å². The van der Waals surface area contributed by atoms with Crippen molar-refractivity contribution in [1.82, 2.24) is 10.2 Å². The van der Waals surface area contributed by atoms with Crippen molar-refractivity contribution in [3.63, 3.8) is 0 Å². The van der Waals surface area contributed by atoms with Crippen LogP contribution in [0.1, 0.15) is 23.2 Å². The fourth-order valence-corrected chi connectivity index (χ4v) is 3.56. The minimum absolute atomic E-state index is 0.146. The first-order chi connectivity index (χ1) is 14.0. The maximum atomic E-state index is 12.5. The van der Waals surface area contributed by atoms with E-state index in [0.717, 1.165) is 12.8 Å². The summed E-state index contributed by atoms with van der Waals surface area (Å²) in [5.41, 5.74) is 1.13. The number of nitrogens with zero attached hydrogens (tertiary/aromatic N) is 1. The molecular formula is C21H23Cl2N3O3. The van der Waals surface area contributed by atoms with Gasteiger partial charge in [0, 0.05) is 25.2 Å².